The van der Waals surface area contributed by atoms with Crippen molar-refractivity contribution < 1.29 is 17.6 Å². The predicted molar refractivity (Wildman–Crippen MR) is 137 cm³/mol. The fourth-order valence-electron chi connectivity index (χ4n) is 5.43. The van der Waals surface area contributed by atoms with Crippen LogP contribution in [0.4, 0.5) is 29.2 Å². The standard InChI is InChI=1S/C27H32F4N6/c1-34-13-15-37(16-14-34)26-23-6-4-3-5-22(23)25(32-33-26)36-11-9-21(10-12-36)35(2)18-19-7-8-20(28)17-24(19)27(29,30)31/h3-8,17,21H,9-16,18H2,1-2H3. The molecule has 2 fully saturated rings. The molecule has 0 atom stereocenters. The number of fused-ring (bicyclic) bond motifs is 1. The van der Waals surface area contributed by atoms with Crippen molar-refractivity contribution in [2.24, 2.45) is 0 Å². The van der Waals surface area contributed by atoms with Gasteiger partial charge in [-0.2, -0.15) is 13.2 Å². The van der Waals surface area contributed by atoms with E-state index in [1.165, 1.54) is 6.07 Å². The van der Waals surface area contributed by atoms with Crippen LogP contribution in [0.2, 0.25) is 0 Å². The van der Waals surface area contributed by atoms with Gasteiger partial charge < -0.3 is 14.7 Å². The fourth-order valence-corrected chi connectivity index (χ4v) is 5.43. The van der Waals surface area contributed by atoms with Crippen LogP contribution in [-0.2, 0) is 12.7 Å². The summed E-state index contributed by atoms with van der Waals surface area (Å²) in [5.41, 5.74) is -0.811. The Labute approximate surface area is 214 Å². The number of rotatable bonds is 5. The minimum Gasteiger partial charge on any atom is -0.354 e. The first kappa shape index (κ1) is 25.7. The first-order valence-corrected chi connectivity index (χ1v) is 12.7. The Bertz CT molecular complexity index is 1230. The van der Waals surface area contributed by atoms with Gasteiger partial charge in [0.1, 0.15) is 5.82 Å². The lowest BCUT2D eigenvalue weighted by atomic mass is 10.0. The zero-order valence-electron chi connectivity index (χ0n) is 21.2. The third-order valence-electron chi connectivity index (χ3n) is 7.64. The van der Waals surface area contributed by atoms with E-state index in [-0.39, 0.29) is 18.2 Å². The maximum atomic E-state index is 13.5. The normalized spacial score (nSPS) is 18.2. The first-order valence-electron chi connectivity index (χ1n) is 12.7. The second-order valence-electron chi connectivity index (χ2n) is 10.1. The molecule has 0 spiro atoms. The minimum atomic E-state index is -4.59. The van der Waals surface area contributed by atoms with E-state index >= 15 is 0 Å². The smallest absolute Gasteiger partial charge is 0.354 e. The summed E-state index contributed by atoms with van der Waals surface area (Å²) < 4.78 is 53.8. The number of benzene rings is 2. The average Bonchev–Trinajstić information content (AvgIpc) is 2.89. The Hall–Kier alpha value is -2.98. The molecular weight excluding hydrogens is 484 g/mol. The van der Waals surface area contributed by atoms with Gasteiger partial charge in [-0.05, 0) is 44.6 Å². The molecule has 3 heterocycles. The number of likely N-dealkylation sites (N-methyl/N-ethyl adjacent to an activating group) is 1. The van der Waals surface area contributed by atoms with Crippen molar-refractivity contribution in [2.45, 2.75) is 31.6 Å². The molecular formula is C27H32F4N6. The van der Waals surface area contributed by atoms with Gasteiger partial charge in [-0.3, -0.25) is 4.90 Å². The van der Waals surface area contributed by atoms with Crippen LogP contribution >= 0.6 is 0 Å². The number of hydrogen-bond donors (Lipinski definition) is 0. The summed E-state index contributed by atoms with van der Waals surface area (Å²) >= 11 is 0. The molecule has 2 aliphatic heterocycles. The molecule has 6 nitrogen and oxygen atoms in total. The first-order chi connectivity index (χ1) is 17.7. The van der Waals surface area contributed by atoms with Crippen LogP contribution in [0, 0.1) is 5.82 Å². The fraction of sp³-hybridized carbons (Fsp3) is 0.481. The Morgan fingerprint density at radius 2 is 1.43 bits per heavy atom. The van der Waals surface area contributed by atoms with E-state index in [4.69, 9.17) is 0 Å². The van der Waals surface area contributed by atoms with Crippen molar-refractivity contribution >= 4 is 22.4 Å². The average molecular weight is 517 g/mol. The minimum absolute atomic E-state index is 0.0928. The predicted octanol–water partition coefficient (Wildman–Crippen LogP) is 4.64. The number of piperazine rings is 1. The second-order valence-corrected chi connectivity index (χ2v) is 10.1. The Kier molecular flexibility index (Phi) is 7.22. The summed E-state index contributed by atoms with van der Waals surface area (Å²) in [6, 6.07) is 11.3. The van der Waals surface area contributed by atoms with Crippen molar-refractivity contribution in [1.82, 2.24) is 20.0 Å². The number of anilines is 2. The van der Waals surface area contributed by atoms with Gasteiger partial charge in [-0.25, -0.2) is 4.39 Å². The van der Waals surface area contributed by atoms with Gasteiger partial charge in [0, 0.05) is 62.6 Å². The molecule has 0 saturated carbocycles. The summed E-state index contributed by atoms with van der Waals surface area (Å²) in [5, 5.41) is 11.5. The van der Waals surface area contributed by atoms with E-state index in [9.17, 15) is 17.6 Å². The lowest BCUT2D eigenvalue weighted by Crippen LogP contribution is -2.45. The van der Waals surface area contributed by atoms with Crippen LogP contribution < -0.4 is 9.80 Å². The van der Waals surface area contributed by atoms with Gasteiger partial charge in [0.05, 0.1) is 5.56 Å². The van der Waals surface area contributed by atoms with E-state index in [2.05, 4.69) is 44.1 Å². The van der Waals surface area contributed by atoms with Crippen LogP contribution in [0.1, 0.15) is 24.0 Å². The maximum Gasteiger partial charge on any atom is 0.416 e. The monoisotopic (exact) mass is 516 g/mol. The topological polar surface area (TPSA) is 38.7 Å². The van der Waals surface area contributed by atoms with E-state index in [0.29, 0.717) is 6.07 Å². The molecule has 10 heteroatoms. The molecule has 0 N–H and O–H groups in total. The third kappa shape index (κ3) is 5.50. The van der Waals surface area contributed by atoms with Crippen molar-refractivity contribution in [1.29, 1.82) is 0 Å². The zero-order valence-corrected chi connectivity index (χ0v) is 21.2. The summed E-state index contributed by atoms with van der Waals surface area (Å²) in [6.45, 7) is 5.38. The summed E-state index contributed by atoms with van der Waals surface area (Å²) in [4.78, 5) is 8.78. The quantitative estimate of drug-likeness (QED) is 0.460. The van der Waals surface area contributed by atoms with Crippen molar-refractivity contribution in [3.63, 3.8) is 0 Å². The molecule has 0 radical (unpaired) electrons. The molecule has 0 bridgehead atoms. The van der Waals surface area contributed by atoms with Gasteiger partial charge >= 0.3 is 6.18 Å². The molecule has 3 aromatic rings. The highest BCUT2D eigenvalue weighted by Gasteiger charge is 2.35. The summed E-state index contributed by atoms with van der Waals surface area (Å²) in [7, 11) is 3.96. The Morgan fingerprint density at radius 3 is 2.00 bits per heavy atom. The highest BCUT2D eigenvalue weighted by Crippen LogP contribution is 2.35. The molecule has 2 saturated heterocycles. The Morgan fingerprint density at radius 1 is 0.865 bits per heavy atom. The molecule has 0 amide bonds. The number of halogens is 4. The van der Waals surface area contributed by atoms with Crippen LogP contribution in [0.25, 0.3) is 10.8 Å². The lowest BCUT2D eigenvalue weighted by Gasteiger charge is -2.38. The molecule has 0 unspecified atom stereocenters. The lowest BCUT2D eigenvalue weighted by molar-refractivity contribution is -0.138. The maximum absolute atomic E-state index is 13.5. The second kappa shape index (κ2) is 10.4. The van der Waals surface area contributed by atoms with Gasteiger partial charge in [-0.1, -0.05) is 30.3 Å². The number of hydrogen-bond acceptors (Lipinski definition) is 6. The highest BCUT2D eigenvalue weighted by atomic mass is 19.4. The van der Waals surface area contributed by atoms with Crippen LogP contribution in [0.3, 0.4) is 0 Å². The molecule has 1 aromatic heterocycles. The van der Waals surface area contributed by atoms with Crippen LogP contribution in [-0.4, -0.2) is 79.4 Å². The molecule has 198 valence electrons. The number of nitrogens with zero attached hydrogens (tertiary/aromatic N) is 6. The van der Waals surface area contributed by atoms with Gasteiger partial charge in [-0.15, -0.1) is 10.2 Å². The zero-order chi connectivity index (χ0) is 26.2. The molecule has 5 rings (SSSR count). The molecule has 2 aromatic carbocycles. The van der Waals surface area contributed by atoms with Gasteiger partial charge in [0.2, 0.25) is 0 Å². The van der Waals surface area contributed by atoms with E-state index in [1.807, 2.05) is 24.1 Å². The van der Waals surface area contributed by atoms with E-state index in [0.717, 1.165) is 80.6 Å². The third-order valence-corrected chi connectivity index (χ3v) is 7.64. The summed E-state index contributed by atoms with van der Waals surface area (Å²) in [6.07, 6.45) is -3.01. The largest absolute Gasteiger partial charge is 0.416 e. The summed E-state index contributed by atoms with van der Waals surface area (Å²) in [5.74, 6) is 0.897. The van der Waals surface area contributed by atoms with Gasteiger partial charge in [0.15, 0.2) is 11.6 Å². The SMILES string of the molecule is CN1CCN(c2nnc(N3CCC(N(C)Cc4ccc(F)cc4C(F)(F)F)CC3)c3ccccc23)CC1. The van der Waals surface area contributed by atoms with E-state index in [1.54, 1.807) is 0 Å². The van der Waals surface area contributed by atoms with Crippen LogP contribution in [0.5, 0.6) is 0 Å². The van der Waals surface area contributed by atoms with Crippen molar-refractivity contribution in [2.75, 3.05) is 63.2 Å². The van der Waals surface area contributed by atoms with Gasteiger partial charge in [0.25, 0.3) is 0 Å². The Balaban J connectivity index is 1.29. The number of piperidine rings is 1. The molecule has 0 aliphatic carbocycles. The molecule has 2 aliphatic rings. The van der Waals surface area contributed by atoms with Crippen molar-refractivity contribution in [3.8, 4) is 0 Å². The number of alkyl halides is 3. The van der Waals surface area contributed by atoms with E-state index < -0.39 is 17.6 Å². The highest BCUT2D eigenvalue weighted by molar-refractivity contribution is 5.99. The van der Waals surface area contributed by atoms with Crippen molar-refractivity contribution in [3.05, 3.63) is 59.4 Å². The van der Waals surface area contributed by atoms with Crippen LogP contribution in [0.15, 0.2) is 42.5 Å². The number of aromatic nitrogens is 2. The molecule has 37 heavy (non-hydrogen) atoms.